The average Bonchev–Trinajstić information content (AvgIpc) is 2.65. The normalized spacial score (nSPS) is 10.2. The van der Waals surface area contributed by atoms with Crippen LogP contribution in [0.4, 0.5) is 15.8 Å². The second-order valence-corrected chi connectivity index (χ2v) is 5.69. The van der Waals surface area contributed by atoms with Crippen molar-refractivity contribution in [1.82, 2.24) is 4.98 Å². The van der Waals surface area contributed by atoms with E-state index in [-0.39, 0.29) is 11.5 Å². The summed E-state index contributed by atoms with van der Waals surface area (Å²) in [5, 5.41) is 5.41. The van der Waals surface area contributed by atoms with Crippen LogP contribution in [0.25, 0.3) is 0 Å². The van der Waals surface area contributed by atoms with Crippen molar-refractivity contribution in [2.24, 2.45) is 0 Å². The Kier molecular flexibility index (Phi) is 5.03. The van der Waals surface area contributed by atoms with Crippen LogP contribution in [-0.2, 0) is 0 Å². The van der Waals surface area contributed by atoms with Crippen LogP contribution in [0.5, 0.6) is 0 Å². The van der Waals surface area contributed by atoms with E-state index in [4.69, 9.17) is 0 Å². The molecule has 0 saturated heterocycles. The van der Waals surface area contributed by atoms with Gasteiger partial charge < -0.3 is 10.6 Å². The molecule has 0 aliphatic rings. The minimum absolute atomic E-state index is 0.208. The highest BCUT2D eigenvalue weighted by Gasteiger charge is 2.11. The number of benzene rings is 2. The Hall–Kier alpha value is -3.54. The van der Waals surface area contributed by atoms with E-state index < -0.39 is 11.7 Å². The molecule has 0 aliphatic carbocycles. The van der Waals surface area contributed by atoms with Gasteiger partial charge in [-0.3, -0.25) is 14.6 Å². The lowest BCUT2D eigenvalue weighted by molar-refractivity contribution is 0.101. The van der Waals surface area contributed by atoms with E-state index in [0.717, 1.165) is 0 Å². The molecule has 2 N–H and O–H groups in total. The number of anilines is 2. The molecular formula is C20H16FN3O2. The van der Waals surface area contributed by atoms with Gasteiger partial charge in [-0.05, 0) is 55.0 Å². The number of halogens is 1. The molecular weight excluding hydrogens is 333 g/mol. The third kappa shape index (κ3) is 4.10. The zero-order chi connectivity index (χ0) is 18.5. The molecule has 1 aromatic heterocycles. The maximum absolute atomic E-state index is 13.6. The number of carbonyl (C=O) groups excluding carboxylic acids is 2. The zero-order valence-corrected chi connectivity index (χ0v) is 14.0. The third-order valence-electron chi connectivity index (χ3n) is 3.75. The summed E-state index contributed by atoms with van der Waals surface area (Å²) in [5.41, 5.74) is 2.12. The van der Waals surface area contributed by atoms with E-state index in [1.54, 1.807) is 67.8 Å². The molecule has 26 heavy (non-hydrogen) atoms. The zero-order valence-electron chi connectivity index (χ0n) is 14.0. The Morgan fingerprint density at radius 3 is 2.19 bits per heavy atom. The summed E-state index contributed by atoms with van der Waals surface area (Å²) in [4.78, 5) is 28.5. The largest absolute Gasteiger partial charge is 0.322 e. The fraction of sp³-hybridized carbons (Fsp3) is 0.0500. The van der Waals surface area contributed by atoms with Crippen molar-refractivity contribution < 1.29 is 14.0 Å². The van der Waals surface area contributed by atoms with E-state index in [1.165, 1.54) is 6.07 Å². The maximum Gasteiger partial charge on any atom is 0.255 e. The van der Waals surface area contributed by atoms with Crippen LogP contribution in [0.3, 0.4) is 0 Å². The van der Waals surface area contributed by atoms with Crippen molar-refractivity contribution in [2.75, 3.05) is 10.6 Å². The van der Waals surface area contributed by atoms with Crippen LogP contribution in [0.1, 0.15) is 26.3 Å². The molecule has 0 aliphatic heterocycles. The highest BCUT2D eigenvalue weighted by atomic mass is 19.1. The first-order chi connectivity index (χ1) is 12.5. The Morgan fingerprint density at radius 1 is 0.846 bits per heavy atom. The summed E-state index contributed by atoms with van der Waals surface area (Å²) in [7, 11) is 0. The van der Waals surface area contributed by atoms with Gasteiger partial charge in [0.25, 0.3) is 11.8 Å². The first-order valence-corrected chi connectivity index (χ1v) is 7.92. The van der Waals surface area contributed by atoms with Gasteiger partial charge in [0, 0.05) is 34.9 Å². The van der Waals surface area contributed by atoms with Crippen LogP contribution in [0.2, 0.25) is 0 Å². The standard InChI is InChI=1S/C20H16FN3O2/c1-13-5-6-15(12-18(13)21)20(26)24-17-4-2-3-14(11-17)19(25)23-16-7-9-22-10-8-16/h2-12H,1H3,(H,24,26)(H,22,23,25). The van der Waals surface area contributed by atoms with Crippen LogP contribution >= 0.6 is 0 Å². The average molecular weight is 349 g/mol. The maximum atomic E-state index is 13.6. The van der Waals surface area contributed by atoms with Crippen LogP contribution in [0, 0.1) is 12.7 Å². The van der Waals surface area contributed by atoms with Crippen molar-refractivity contribution in [3.8, 4) is 0 Å². The summed E-state index contributed by atoms with van der Waals surface area (Å²) in [6.45, 7) is 1.63. The lowest BCUT2D eigenvalue weighted by Gasteiger charge is -2.09. The van der Waals surface area contributed by atoms with Gasteiger partial charge >= 0.3 is 0 Å². The van der Waals surface area contributed by atoms with Crippen LogP contribution in [-0.4, -0.2) is 16.8 Å². The summed E-state index contributed by atoms with van der Waals surface area (Å²) in [6.07, 6.45) is 3.15. The third-order valence-corrected chi connectivity index (χ3v) is 3.75. The minimum Gasteiger partial charge on any atom is -0.322 e. The molecule has 3 aromatic rings. The van der Waals surface area contributed by atoms with Gasteiger partial charge in [-0.15, -0.1) is 0 Å². The van der Waals surface area contributed by atoms with E-state index in [9.17, 15) is 14.0 Å². The topological polar surface area (TPSA) is 71.1 Å². The highest BCUT2D eigenvalue weighted by Crippen LogP contribution is 2.15. The van der Waals surface area contributed by atoms with E-state index in [2.05, 4.69) is 15.6 Å². The Balaban J connectivity index is 1.73. The summed E-state index contributed by atoms with van der Waals surface area (Å²) in [6, 6.07) is 14.1. The van der Waals surface area contributed by atoms with E-state index >= 15 is 0 Å². The van der Waals surface area contributed by atoms with Gasteiger partial charge in [-0.25, -0.2) is 4.39 Å². The number of hydrogen-bond acceptors (Lipinski definition) is 3. The van der Waals surface area contributed by atoms with Crippen molar-refractivity contribution >= 4 is 23.2 Å². The number of carbonyl (C=O) groups is 2. The summed E-state index contributed by atoms with van der Waals surface area (Å²) in [5.74, 6) is -1.20. The minimum atomic E-state index is -0.449. The lowest BCUT2D eigenvalue weighted by Crippen LogP contribution is -2.15. The fourth-order valence-electron chi connectivity index (χ4n) is 2.31. The van der Waals surface area contributed by atoms with Gasteiger partial charge in [0.05, 0.1) is 0 Å². The number of pyridine rings is 1. The molecule has 6 heteroatoms. The number of amides is 2. The number of hydrogen-bond donors (Lipinski definition) is 2. The Bertz CT molecular complexity index is 958. The van der Waals surface area contributed by atoms with Gasteiger partial charge in [0.1, 0.15) is 5.82 Å². The van der Waals surface area contributed by atoms with Crippen LogP contribution < -0.4 is 10.6 Å². The van der Waals surface area contributed by atoms with Crippen molar-refractivity contribution in [3.63, 3.8) is 0 Å². The number of aromatic nitrogens is 1. The first-order valence-electron chi connectivity index (χ1n) is 7.92. The molecule has 130 valence electrons. The van der Waals surface area contributed by atoms with Gasteiger partial charge in [-0.1, -0.05) is 12.1 Å². The van der Waals surface area contributed by atoms with Gasteiger partial charge in [-0.2, -0.15) is 0 Å². The predicted octanol–water partition coefficient (Wildman–Crippen LogP) is 4.03. The van der Waals surface area contributed by atoms with Crippen LogP contribution in [0.15, 0.2) is 67.0 Å². The fourth-order valence-corrected chi connectivity index (χ4v) is 2.31. The number of rotatable bonds is 4. The molecule has 0 unspecified atom stereocenters. The van der Waals surface area contributed by atoms with Crippen molar-refractivity contribution in [2.45, 2.75) is 6.92 Å². The molecule has 0 spiro atoms. The lowest BCUT2D eigenvalue weighted by atomic mass is 10.1. The molecule has 0 fully saturated rings. The predicted molar refractivity (Wildman–Crippen MR) is 97.7 cm³/mol. The molecule has 0 atom stereocenters. The van der Waals surface area contributed by atoms with Gasteiger partial charge in [0.15, 0.2) is 0 Å². The molecule has 0 bridgehead atoms. The quantitative estimate of drug-likeness (QED) is 0.747. The number of aryl methyl sites for hydroxylation is 1. The molecule has 0 radical (unpaired) electrons. The number of nitrogens with zero attached hydrogens (tertiary/aromatic N) is 1. The number of nitrogens with one attached hydrogen (secondary N) is 2. The van der Waals surface area contributed by atoms with Crippen molar-refractivity contribution in [3.05, 3.63) is 89.5 Å². The Labute approximate surface area is 149 Å². The SMILES string of the molecule is Cc1ccc(C(=O)Nc2cccc(C(=O)Nc3ccncc3)c2)cc1F. The van der Waals surface area contributed by atoms with Gasteiger partial charge in [0.2, 0.25) is 0 Å². The first kappa shape index (κ1) is 17.3. The summed E-state index contributed by atoms with van der Waals surface area (Å²) >= 11 is 0. The second-order valence-electron chi connectivity index (χ2n) is 5.69. The van der Waals surface area contributed by atoms with E-state index in [1.807, 2.05) is 0 Å². The van der Waals surface area contributed by atoms with E-state index in [0.29, 0.717) is 22.5 Å². The molecule has 3 rings (SSSR count). The summed E-state index contributed by atoms with van der Waals surface area (Å²) < 4.78 is 13.6. The smallest absolute Gasteiger partial charge is 0.255 e. The molecule has 2 aromatic carbocycles. The highest BCUT2D eigenvalue weighted by molar-refractivity contribution is 6.07. The molecule has 0 saturated carbocycles. The monoisotopic (exact) mass is 349 g/mol. The Morgan fingerprint density at radius 2 is 1.50 bits per heavy atom. The molecule has 2 amide bonds. The van der Waals surface area contributed by atoms with Crippen molar-refractivity contribution in [1.29, 1.82) is 0 Å². The second kappa shape index (κ2) is 7.57. The molecule has 5 nitrogen and oxygen atoms in total. The molecule has 1 heterocycles.